The van der Waals surface area contributed by atoms with Crippen molar-refractivity contribution in [3.8, 4) is 0 Å². The van der Waals surface area contributed by atoms with Gasteiger partial charge in [-0.3, -0.25) is 0 Å². The zero-order valence-corrected chi connectivity index (χ0v) is 18.3. The SMILES string of the molecule is CCC(C)c1c(Nc2ccc(Nc3ccccc3)cc2)cccc1C1CCCCC1. The van der Waals surface area contributed by atoms with Crippen LogP contribution in [0.3, 0.4) is 0 Å². The van der Waals surface area contributed by atoms with Gasteiger partial charge in [0.1, 0.15) is 0 Å². The number of anilines is 4. The molecule has 2 nitrogen and oxygen atoms in total. The van der Waals surface area contributed by atoms with Crippen LogP contribution in [0.2, 0.25) is 0 Å². The van der Waals surface area contributed by atoms with Gasteiger partial charge >= 0.3 is 0 Å². The molecule has 0 radical (unpaired) electrons. The quantitative estimate of drug-likeness (QED) is 0.416. The van der Waals surface area contributed by atoms with Crippen LogP contribution in [0.4, 0.5) is 22.7 Å². The number of rotatable bonds is 7. The fourth-order valence-corrected chi connectivity index (χ4v) is 4.70. The van der Waals surface area contributed by atoms with Gasteiger partial charge in [-0.1, -0.05) is 63.4 Å². The summed E-state index contributed by atoms with van der Waals surface area (Å²) in [6, 6.07) is 25.8. The van der Waals surface area contributed by atoms with Gasteiger partial charge in [-0.05, 0) is 84.7 Å². The average molecular weight is 399 g/mol. The molecule has 0 aliphatic heterocycles. The molecule has 1 atom stereocenters. The molecular formula is C28H34N2. The fourth-order valence-electron chi connectivity index (χ4n) is 4.70. The van der Waals surface area contributed by atoms with Gasteiger partial charge in [-0.2, -0.15) is 0 Å². The predicted octanol–water partition coefficient (Wildman–Crippen LogP) is 8.74. The Morgan fingerprint density at radius 3 is 2.03 bits per heavy atom. The molecule has 1 aliphatic rings. The van der Waals surface area contributed by atoms with Crippen LogP contribution in [0.1, 0.15) is 75.3 Å². The Kier molecular flexibility index (Phi) is 6.74. The summed E-state index contributed by atoms with van der Waals surface area (Å²) in [5.41, 5.74) is 7.73. The van der Waals surface area contributed by atoms with Crippen LogP contribution < -0.4 is 10.6 Å². The molecule has 0 heterocycles. The van der Waals surface area contributed by atoms with Crippen LogP contribution in [0.25, 0.3) is 0 Å². The topological polar surface area (TPSA) is 24.1 Å². The van der Waals surface area contributed by atoms with E-state index in [9.17, 15) is 0 Å². The van der Waals surface area contributed by atoms with Crippen LogP contribution in [-0.4, -0.2) is 0 Å². The van der Waals surface area contributed by atoms with Crippen molar-refractivity contribution >= 4 is 22.7 Å². The van der Waals surface area contributed by atoms with Gasteiger partial charge in [0, 0.05) is 22.7 Å². The first kappa shape index (κ1) is 20.5. The summed E-state index contributed by atoms with van der Waals surface area (Å²) in [4.78, 5) is 0. The number of hydrogen-bond acceptors (Lipinski definition) is 2. The van der Waals surface area contributed by atoms with Gasteiger partial charge in [0.15, 0.2) is 0 Å². The van der Waals surface area contributed by atoms with Gasteiger partial charge < -0.3 is 10.6 Å². The summed E-state index contributed by atoms with van der Waals surface area (Å²) in [5, 5.41) is 7.19. The van der Waals surface area contributed by atoms with E-state index in [1.165, 1.54) is 49.8 Å². The molecule has 2 N–H and O–H groups in total. The van der Waals surface area contributed by atoms with Gasteiger partial charge in [-0.15, -0.1) is 0 Å². The Bertz CT molecular complexity index is 925. The number of hydrogen-bond donors (Lipinski definition) is 2. The maximum atomic E-state index is 3.73. The minimum absolute atomic E-state index is 0.560. The highest BCUT2D eigenvalue weighted by molar-refractivity contribution is 5.69. The summed E-state index contributed by atoms with van der Waals surface area (Å²) in [5.74, 6) is 1.28. The van der Waals surface area contributed by atoms with Crippen LogP contribution in [0, 0.1) is 0 Å². The normalized spacial score (nSPS) is 15.5. The van der Waals surface area contributed by atoms with E-state index in [2.05, 4.69) is 79.1 Å². The van der Waals surface area contributed by atoms with Crippen LogP contribution in [-0.2, 0) is 0 Å². The molecule has 1 unspecified atom stereocenters. The van der Waals surface area contributed by atoms with E-state index in [1.54, 1.807) is 5.56 Å². The van der Waals surface area contributed by atoms with Gasteiger partial charge in [0.2, 0.25) is 0 Å². The van der Waals surface area contributed by atoms with Gasteiger partial charge in [0.25, 0.3) is 0 Å². The summed E-state index contributed by atoms with van der Waals surface area (Å²) in [6.45, 7) is 4.68. The molecule has 1 aliphatic carbocycles. The minimum Gasteiger partial charge on any atom is -0.356 e. The Morgan fingerprint density at radius 1 is 0.733 bits per heavy atom. The van der Waals surface area contributed by atoms with E-state index in [-0.39, 0.29) is 0 Å². The first-order valence-electron chi connectivity index (χ1n) is 11.6. The summed E-state index contributed by atoms with van der Waals surface area (Å²) < 4.78 is 0. The van der Waals surface area contributed by atoms with Crippen molar-refractivity contribution in [2.75, 3.05) is 10.6 Å². The maximum absolute atomic E-state index is 3.73. The summed E-state index contributed by atoms with van der Waals surface area (Å²) in [6.07, 6.45) is 7.99. The Hall–Kier alpha value is -2.74. The van der Waals surface area contributed by atoms with E-state index < -0.39 is 0 Å². The minimum atomic E-state index is 0.560. The summed E-state index contributed by atoms with van der Waals surface area (Å²) in [7, 11) is 0. The molecule has 0 aromatic heterocycles. The third kappa shape index (κ3) is 4.87. The van der Waals surface area contributed by atoms with Crippen molar-refractivity contribution in [1.29, 1.82) is 0 Å². The van der Waals surface area contributed by atoms with E-state index in [1.807, 2.05) is 18.2 Å². The monoisotopic (exact) mass is 398 g/mol. The van der Waals surface area contributed by atoms with Crippen molar-refractivity contribution in [3.63, 3.8) is 0 Å². The van der Waals surface area contributed by atoms with Gasteiger partial charge in [0.05, 0.1) is 0 Å². The van der Waals surface area contributed by atoms with E-state index in [0.29, 0.717) is 5.92 Å². The molecule has 0 spiro atoms. The van der Waals surface area contributed by atoms with Crippen LogP contribution in [0.5, 0.6) is 0 Å². The Morgan fingerprint density at radius 2 is 1.37 bits per heavy atom. The molecule has 2 heteroatoms. The highest BCUT2D eigenvalue weighted by Crippen LogP contribution is 2.41. The zero-order valence-electron chi connectivity index (χ0n) is 18.3. The third-order valence-corrected chi connectivity index (χ3v) is 6.52. The first-order valence-corrected chi connectivity index (χ1v) is 11.6. The standard InChI is InChI=1S/C28H34N2/c1-3-21(2)28-26(22-11-6-4-7-12-22)15-10-16-27(28)30-25-19-17-24(18-20-25)29-23-13-8-5-9-14-23/h5,8-10,13-22,29-30H,3-4,6-7,11-12H2,1-2H3. The smallest absolute Gasteiger partial charge is 0.0422 e. The van der Waals surface area contributed by atoms with Crippen molar-refractivity contribution in [1.82, 2.24) is 0 Å². The molecule has 1 fully saturated rings. The second-order valence-electron chi connectivity index (χ2n) is 8.65. The lowest BCUT2D eigenvalue weighted by atomic mass is 9.79. The highest BCUT2D eigenvalue weighted by atomic mass is 14.9. The van der Waals surface area contributed by atoms with E-state index >= 15 is 0 Å². The molecule has 0 amide bonds. The third-order valence-electron chi connectivity index (χ3n) is 6.52. The van der Waals surface area contributed by atoms with Crippen molar-refractivity contribution in [2.45, 2.75) is 64.2 Å². The number of para-hydroxylation sites is 1. The molecule has 4 rings (SSSR count). The van der Waals surface area contributed by atoms with Crippen molar-refractivity contribution in [3.05, 3.63) is 83.9 Å². The second-order valence-corrected chi connectivity index (χ2v) is 8.65. The zero-order chi connectivity index (χ0) is 20.8. The molecular weight excluding hydrogens is 364 g/mol. The predicted molar refractivity (Wildman–Crippen MR) is 130 cm³/mol. The number of benzene rings is 3. The molecule has 1 saturated carbocycles. The molecule has 30 heavy (non-hydrogen) atoms. The Balaban J connectivity index is 1.56. The lowest BCUT2D eigenvalue weighted by Crippen LogP contribution is -2.11. The van der Waals surface area contributed by atoms with Gasteiger partial charge in [-0.25, -0.2) is 0 Å². The maximum Gasteiger partial charge on any atom is 0.0422 e. The lowest BCUT2D eigenvalue weighted by molar-refractivity contribution is 0.440. The molecule has 0 bridgehead atoms. The first-order chi connectivity index (χ1) is 14.7. The largest absolute Gasteiger partial charge is 0.356 e. The van der Waals surface area contributed by atoms with Crippen LogP contribution in [0.15, 0.2) is 72.8 Å². The molecule has 3 aromatic rings. The van der Waals surface area contributed by atoms with E-state index in [4.69, 9.17) is 0 Å². The number of nitrogens with one attached hydrogen (secondary N) is 2. The van der Waals surface area contributed by atoms with Crippen molar-refractivity contribution in [2.24, 2.45) is 0 Å². The average Bonchev–Trinajstić information content (AvgIpc) is 2.81. The Labute approximate surface area is 181 Å². The highest BCUT2D eigenvalue weighted by Gasteiger charge is 2.22. The van der Waals surface area contributed by atoms with E-state index in [0.717, 1.165) is 23.0 Å². The molecule has 156 valence electrons. The second kappa shape index (κ2) is 9.84. The lowest BCUT2D eigenvalue weighted by Gasteiger charge is -2.28. The molecule has 0 saturated heterocycles. The van der Waals surface area contributed by atoms with Crippen LogP contribution >= 0.6 is 0 Å². The molecule has 3 aromatic carbocycles. The fraction of sp³-hybridized carbons (Fsp3) is 0.357. The summed E-state index contributed by atoms with van der Waals surface area (Å²) >= 11 is 0. The van der Waals surface area contributed by atoms with Crippen molar-refractivity contribution < 1.29 is 0 Å².